The average Bonchev–Trinajstić information content (AvgIpc) is 3.44. The van der Waals surface area contributed by atoms with Gasteiger partial charge in [0.05, 0.1) is 31.0 Å². The molecule has 4 aromatic rings. The normalized spacial score (nSPS) is 19.4. The van der Waals surface area contributed by atoms with Crippen LogP contribution in [0.1, 0.15) is 45.9 Å². The van der Waals surface area contributed by atoms with Crippen molar-refractivity contribution in [2.75, 3.05) is 36.1 Å². The number of rotatable bonds is 5. The first-order chi connectivity index (χ1) is 18.9. The molecule has 0 aliphatic carbocycles. The van der Waals surface area contributed by atoms with Crippen LogP contribution in [0.5, 0.6) is 0 Å². The second-order valence-corrected chi connectivity index (χ2v) is 11.0. The van der Waals surface area contributed by atoms with Crippen molar-refractivity contribution in [2.24, 2.45) is 0 Å². The first-order valence-corrected chi connectivity index (χ1v) is 14.0. The van der Waals surface area contributed by atoms with Crippen LogP contribution < -0.4 is 15.1 Å². The number of hydrogen-bond acceptors (Lipinski definition) is 4. The van der Waals surface area contributed by atoms with E-state index in [0.29, 0.717) is 5.11 Å². The number of pyridine rings is 1. The predicted octanol–water partition coefficient (Wildman–Crippen LogP) is 6.12. The van der Waals surface area contributed by atoms with Crippen LogP contribution in [0.4, 0.5) is 11.4 Å². The summed E-state index contributed by atoms with van der Waals surface area (Å²) in [6.45, 7) is 12.1. The summed E-state index contributed by atoms with van der Waals surface area (Å²) in [4.78, 5) is 9.38. The highest BCUT2D eigenvalue weighted by Gasteiger charge is 2.42. The van der Waals surface area contributed by atoms with Crippen LogP contribution in [0.3, 0.4) is 0 Å². The molecule has 2 saturated heterocycles. The van der Waals surface area contributed by atoms with Gasteiger partial charge in [-0.25, -0.2) is 0 Å². The molecule has 0 unspecified atom stereocenters. The monoisotopic (exact) mass is 537 g/mol. The molecule has 6 nitrogen and oxygen atoms in total. The summed E-state index contributed by atoms with van der Waals surface area (Å²) in [6.07, 6.45) is 1.86. The minimum atomic E-state index is -0.0779. The van der Waals surface area contributed by atoms with Crippen LogP contribution in [-0.2, 0) is 4.74 Å². The molecular formula is C32H35N5OS. The van der Waals surface area contributed by atoms with E-state index in [1.807, 2.05) is 18.3 Å². The molecule has 2 atom stereocenters. The smallest absolute Gasteiger partial charge is 0.174 e. The van der Waals surface area contributed by atoms with Crippen molar-refractivity contribution in [3.63, 3.8) is 0 Å². The van der Waals surface area contributed by atoms with Crippen molar-refractivity contribution in [1.29, 1.82) is 0 Å². The molecule has 2 aromatic heterocycles. The van der Waals surface area contributed by atoms with Crippen LogP contribution >= 0.6 is 12.2 Å². The fourth-order valence-corrected chi connectivity index (χ4v) is 6.50. The van der Waals surface area contributed by atoms with Crippen LogP contribution in [0.15, 0.2) is 72.9 Å². The van der Waals surface area contributed by atoms with Gasteiger partial charge in [-0.1, -0.05) is 12.1 Å². The van der Waals surface area contributed by atoms with Gasteiger partial charge in [0.15, 0.2) is 5.11 Å². The van der Waals surface area contributed by atoms with E-state index in [0.717, 1.165) is 37.7 Å². The van der Waals surface area contributed by atoms with Gasteiger partial charge in [0.2, 0.25) is 0 Å². The van der Waals surface area contributed by atoms with Crippen molar-refractivity contribution < 1.29 is 4.74 Å². The van der Waals surface area contributed by atoms with Crippen molar-refractivity contribution in [1.82, 2.24) is 14.9 Å². The van der Waals surface area contributed by atoms with Gasteiger partial charge in [0.1, 0.15) is 0 Å². The Bertz CT molecular complexity index is 1470. The molecule has 2 aromatic carbocycles. The first kappa shape index (κ1) is 25.6. The lowest BCUT2D eigenvalue weighted by molar-refractivity contribution is 0.122. The molecule has 1 N–H and O–H groups in total. The fourth-order valence-electron chi connectivity index (χ4n) is 6.16. The second kappa shape index (κ2) is 10.5. The zero-order valence-electron chi connectivity index (χ0n) is 23.0. The number of hydrogen-bond donors (Lipinski definition) is 1. The Morgan fingerprint density at radius 3 is 2.21 bits per heavy atom. The summed E-state index contributed by atoms with van der Waals surface area (Å²) in [6, 6.07) is 23.8. The maximum absolute atomic E-state index is 6.00. The van der Waals surface area contributed by atoms with Crippen molar-refractivity contribution in [3.05, 3.63) is 107 Å². The Balaban J connectivity index is 1.44. The lowest BCUT2D eigenvalue weighted by atomic mass is 9.96. The summed E-state index contributed by atoms with van der Waals surface area (Å²) in [5.74, 6) is 0. The van der Waals surface area contributed by atoms with Gasteiger partial charge >= 0.3 is 0 Å². The van der Waals surface area contributed by atoms with E-state index in [1.165, 1.54) is 39.5 Å². The molecule has 39 heavy (non-hydrogen) atoms. The lowest BCUT2D eigenvalue weighted by Gasteiger charge is -2.31. The molecule has 0 bridgehead atoms. The van der Waals surface area contributed by atoms with E-state index >= 15 is 0 Å². The van der Waals surface area contributed by atoms with Gasteiger partial charge in [-0.2, -0.15) is 0 Å². The molecule has 0 saturated carbocycles. The largest absolute Gasteiger partial charge is 0.378 e. The minimum absolute atomic E-state index is 0.0486. The van der Waals surface area contributed by atoms with E-state index in [9.17, 15) is 0 Å². The van der Waals surface area contributed by atoms with E-state index < -0.39 is 0 Å². The summed E-state index contributed by atoms with van der Waals surface area (Å²) in [5, 5.41) is 4.33. The number of nitrogens with one attached hydrogen (secondary N) is 1. The molecule has 0 spiro atoms. The number of aryl methyl sites for hydroxylation is 3. The Morgan fingerprint density at radius 2 is 1.54 bits per heavy atom. The summed E-state index contributed by atoms with van der Waals surface area (Å²) in [7, 11) is 0. The Labute approximate surface area is 236 Å². The molecule has 0 amide bonds. The fraction of sp³-hybridized carbons (Fsp3) is 0.312. The summed E-state index contributed by atoms with van der Waals surface area (Å²) < 4.78 is 7.91. The molecule has 2 fully saturated rings. The Kier molecular flexibility index (Phi) is 6.87. The van der Waals surface area contributed by atoms with Gasteiger partial charge < -0.3 is 24.4 Å². The van der Waals surface area contributed by atoms with Crippen molar-refractivity contribution in [2.45, 2.75) is 39.8 Å². The van der Waals surface area contributed by atoms with E-state index in [4.69, 9.17) is 21.9 Å². The van der Waals surface area contributed by atoms with Gasteiger partial charge in [-0.15, -0.1) is 0 Å². The van der Waals surface area contributed by atoms with E-state index in [2.05, 4.69) is 102 Å². The molecule has 0 radical (unpaired) electrons. The van der Waals surface area contributed by atoms with Gasteiger partial charge in [0, 0.05) is 47.7 Å². The molecule has 7 heteroatoms. The Morgan fingerprint density at radius 1 is 0.846 bits per heavy atom. The van der Waals surface area contributed by atoms with Crippen LogP contribution in [0, 0.1) is 27.7 Å². The zero-order chi connectivity index (χ0) is 27.1. The molecule has 200 valence electrons. The predicted molar refractivity (Wildman–Crippen MR) is 162 cm³/mol. The number of morpholine rings is 1. The van der Waals surface area contributed by atoms with Crippen LogP contribution in [0.2, 0.25) is 0 Å². The summed E-state index contributed by atoms with van der Waals surface area (Å²) >= 11 is 6.00. The van der Waals surface area contributed by atoms with Gasteiger partial charge in [-0.05, 0) is 111 Å². The van der Waals surface area contributed by atoms with E-state index in [1.54, 1.807) is 0 Å². The minimum Gasteiger partial charge on any atom is -0.378 e. The highest BCUT2D eigenvalue weighted by molar-refractivity contribution is 7.80. The molecular weight excluding hydrogens is 502 g/mol. The molecule has 4 heterocycles. The molecule has 6 rings (SSSR count). The maximum Gasteiger partial charge on any atom is 0.174 e. The quantitative estimate of drug-likeness (QED) is 0.310. The molecule has 2 aliphatic rings. The van der Waals surface area contributed by atoms with Crippen LogP contribution in [-0.4, -0.2) is 41.0 Å². The van der Waals surface area contributed by atoms with E-state index in [-0.39, 0.29) is 12.1 Å². The first-order valence-electron chi connectivity index (χ1n) is 13.6. The third-order valence-electron chi connectivity index (χ3n) is 7.86. The van der Waals surface area contributed by atoms with Crippen molar-refractivity contribution >= 4 is 28.7 Å². The van der Waals surface area contributed by atoms with Crippen LogP contribution in [0.25, 0.3) is 5.69 Å². The highest BCUT2D eigenvalue weighted by atomic mass is 32.1. The second-order valence-electron chi connectivity index (χ2n) is 10.6. The maximum atomic E-state index is 6.00. The molecule has 2 aliphatic heterocycles. The number of anilines is 2. The summed E-state index contributed by atoms with van der Waals surface area (Å²) in [5.41, 5.74) is 10.6. The van der Waals surface area contributed by atoms with Crippen molar-refractivity contribution in [3.8, 4) is 5.69 Å². The third kappa shape index (κ3) is 4.81. The van der Waals surface area contributed by atoms with Gasteiger partial charge in [-0.3, -0.25) is 4.98 Å². The zero-order valence-corrected chi connectivity index (χ0v) is 23.8. The number of ether oxygens (including phenoxy) is 1. The average molecular weight is 538 g/mol. The number of nitrogens with zero attached hydrogens (tertiary/aromatic N) is 4. The SMILES string of the molecule is Cc1cc(C)cc(-n2c(C)cc([C@@H]3[C@H](c4ccccn4)NC(=S)N3c3ccc(N4CCOCC4)cc3)c2C)c1. The highest BCUT2D eigenvalue weighted by Crippen LogP contribution is 2.44. The third-order valence-corrected chi connectivity index (χ3v) is 8.17. The number of benzene rings is 2. The Hall–Kier alpha value is -3.68. The topological polar surface area (TPSA) is 45.6 Å². The van der Waals surface area contributed by atoms with Gasteiger partial charge in [0.25, 0.3) is 0 Å². The number of thiocarbonyl (C=S) groups is 1. The lowest BCUT2D eigenvalue weighted by Crippen LogP contribution is -2.36. The standard InChI is InChI=1S/C32H35N5OS/c1-21-17-22(2)19-27(18-21)36-23(3)20-28(24(36)4)31-30(29-7-5-6-12-33-29)34-32(39)37(31)26-10-8-25(9-11-26)35-13-15-38-16-14-35/h5-12,17-20,30-31H,13-16H2,1-4H3,(H,34,39)/t30-,31+/m0/s1. The number of aromatic nitrogens is 2.